The van der Waals surface area contributed by atoms with Gasteiger partial charge in [0.25, 0.3) is 0 Å². The van der Waals surface area contributed by atoms with E-state index in [2.05, 4.69) is 64.1 Å². The lowest BCUT2D eigenvalue weighted by Gasteiger charge is -2.42. The van der Waals surface area contributed by atoms with Crippen LogP contribution in [0.1, 0.15) is 65.5 Å². The molecule has 1 fully saturated rings. The lowest BCUT2D eigenvalue weighted by Crippen LogP contribution is -2.34. The molecule has 2 aromatic carbocycles. The highest BCUT2D eigenvalue weighted by Gasteiger charge is 2.39. The molecule has 3 rings (SSSR count). The molecule has 0 atom stereocenters. The average molecular weight is 292 g/mol. The van der Waals surface area contributed by atoms with Gasteiger partial charge in [-0.15, -0.1) is 0 Å². The maximum atomic E-state index is 2.30. The summed E-state index contributed by atoms with van der Waals surface area (Å²) in [5, 5.41) is 0. The van der Waals surface area contributed by atoms with Gasteiger partial charge in [-0.05, 0) is 73.9 Å². The van der Waals surface area contributed by atoms with Crippen molar-refractivity contribution in [2.45, 2.75) is 65.2 Å². The first-order chi connectivity index (χ1) is 10.6. The molecule has 1 saturated carbocycles. The fraction of sp³-hybridized carbons (Fsp3) is 0.455. The van der Waals surface area contributed by atoms with Gasteiger partial charge in [-0.1, -0.05) is 55.7 Å². The smallest absolute Gasteiger partial charge is 0.0213 e. The van der Waals surface area contributed by atoms with Gasteiger partial charge in [-0.3, -0.25) is 0 Å². The van der Waals surface area contributed by atoms with Gasteiger partial charge in [0.05, 0.1) is 0 Å². The lowest BCUT2D eigenvalue weighted by molar-refractivity contribution is 0.341. The van der Waals surface area contributed by atoms with Crippen molar-refractivity contribution in [1.82, 2.24) is 0 Å². The first-order valence-corrected chi connectivity index (χ1v) is 8.70. The van der Waals surface area contributed by atoms with E-state index in [1.54, 1.807) is 11.1 Å². The van der Waals surface area contributed by atoms with Crippen molar-refractivity contribution in [2.75, 3.05) is 0 Å². The van der Waals surface area contributed by atoms with Gasteiger partial charge in [0.2, 0.25) is 0 Å². The largest absolute Gasteiger partial charge is 0.0617 e. The molecule has 1 aliphatic rings. The lowest BCUT2D eigenvalue weighted by atomic mass is 9.61. The van der Waals surface area contributed by atoms with Crippen molar-refractivity contribution < 1.29 is 0 Å². The number of hydrogen-bond donors (Lipinski definition) is 0. The molecule has 0 amide bonds. The van der Waals surface area contributed by atoms with E-state index in [9.17, 15) is 0 Å². The SMILES string of the molecule is Cc1cccc(C)c1C1(c2c(C)cccc2C)CCCCC1. The summed E-state index contributed by atoms with van der Waals surface area (Å²) in [6.45, 7) is 9.19. The highest BCUT2D eigenvalue weighted by atomic mass is 14.4. The van der Waals surface area contributed by atoms with Crippen LogP contribution in [0.2, 0.25) is 0 Å². The summed E-state index contributed by atoms with van der Waals surface area (Å²) in [5.41, 5.74) is 9.28. The Hall–Kier alpha value is -1.56. The predicted molar refractivity (Wildman–Crippen MR) is 95.7 cm³/mol. The van der Waals surface area contributed by atoms with E-state index < -0.39 is 0 Å². The molecular weight excluding hydrogens is 264 g/mol. The molecule has 0 unspecified atom stereocenters. The Bertz CT molecular complexity index is 578. The first kappa shape index (κ1) is 15.3. The third-order valence-electron chi connectivity index (χ3n) is 5.63. The highest BCUT2D eigenvalue weighted by Crippen LogP contribution is 2.49. The zero-order valence-corrected chi connectivity index (χ0v) is 14.5. The molecule has 0 heterocycles. The number of aryl methyl sites for hydroxylation is 4. The third kappa shape index (κ3) is 2.39. The highest BCUT2D eigenvalue weighted by molar-refractivity contribution is 5.52. The molecule has 1 aliphatic carbocycles. The van der Waals surface area contributed by atoms with E-state index in [-0.39, 0.29) is 5.41 Å². The molecule has 0 aromatic heterocycles. The summed E-state index contributed by atoms with van der Waals surface area (Å²) in [7, 11) is 0. The van der Waals surface area contributed by atoms with Crippen LogP contribution >= 0.6 is 0 Å². The van der Waals surface area contributed by atoms with Gasteiger partial charge in [0.15, 0.2) is 0 Å². The average Bonchev–Trinajstić information content (AvgIpc) is 2.48. The summed E-state index contributed by atoms with van der Waals surface area (Å²) in [6.07, 6.45) is 6.68. The van der Waals surface area contributed by atoms with Crippen LogP contribution in [-0.2, 0) is 5.41 Å². The Morgan fingerprint density at radius 2 is 0.955 bits per heavy atom. The summed E-state index contributed by atoms with van der Waals surface area (Å²) in [5.74, 6) is 0. The first-order valence-electron chi connectivity index (χ1n) is 8.70. The standard InChI is InChI=1S/C22H28/c1-16-10-8-11-17(2)20(16)22(14-6-5-7-15-22)21-18(3)12-9-13-19(21)4/h8-13H,5-7,14-15H2,1-4H3. The van der Waals surface area contributed by atoms with E-state index in [0.717, 1.165) is 0 Å². The summed E-state index contributed by atoms with van der Waals surface area (Å²) >= 11 is 0. The normalized spacial score (nSPS) is 17.5. The van der Waals surface area contributed by atoms with Crippen molar-refractivity contribution in [3.05, 3.63) is 69.8 Å². The van der Waals surface area contributed by atoms with Crippen molar-refractivity contribution >= 4 is 0 Å². The van der Waals surface area contributed by atoms with E-state index in [1.165, 1.54) is 54.4 Å². The van der Waals surface area contributed by atoms with E-state index in [4.69, 9.17) is 0 Å². The van der Waals surface area contributed by atoms with Gasteiger partial charge in [-0.25, -0.2) is 0 Å². The molecule has 0 bridgehead atoms. The Kier molecular flexibility index (Phi) is 4.12. The van der Waals surface area contributed by atoms with Crippen molar-refractivity contribution in [1.29, 1.82) is 0 Å². The Morgan fingerprint density at radius 3 is 1.32 bits per heavy atom. The van der Waals surface area contributed by atoms with Crippen LogP contribution in [0.4, 0.5) is 0 Å². The summed E-state index contributed by atoms with van der Waals surface area (Å²) in [6, 6.07) is 13.6. The molecule has 116 valence electrons. The molecule has 0 N–H and O–H groups in total. The monoisotopic (exact) mass is 292 g/mol. The minimum absolute atomic E-state index is 0.225. The molecule has 22 heavy (non-hydrogen) atoms. The van der Waals surface area contributed by atoms with E-state index in [0.29, 0.717) is 0 Å². The van der Waals surface area contributed by atoms with Crippen molar-refractivity contribution in [2.24, 2.45) is 0 Å². The van der Waals surface area contributed by atoms with E-state index in [1.807, 2.05) is 0 Å². The number of hydrogen-bond acceptors (Lipinski definition) is 0. The van der Waals surface area contributed by atoms with Gasteiger partial charge >= 0.3 is 0 Å². The van der Waals surface area contributed by atoms with Gasteiger partial charge < -0.3 is 0 Å². The third-order valence-corrected chi connectivity index (χ3v) is 5.63. The Morgan fingerprint density at radius 1 is 0.591 bits per heavy atom. The Balaban J connectivity index is 2.31. The number of rotatable bonds is 2. The fourth-order valence-corrected chi connectivity index (χ4v) is 4.92. The molecule has 0 nitrogen and oxygen atoms in total. The van der Waals surface area contributed by atoms with Crippen LogP contribution in [0.25, 0.3) is 0 Å². The van der Waals surface area contributed by atoms with Crippen LogP contribution in [0.15, 0.2) is 36.4 Å². The molecular formula is C22H28. The van der Waals surface area contributed by atoms with Crippen LogP contribution in [0, 0.1) is 27.7 Å². The van der Waals surface area contributed by atoms with Crippen LogP contribution in [0.5, 0.6) is 0 Å². The van der Waals surface area contributed by atoms with Crippen LogP contribution in [-0.4, -0.2) is 0 Å². The van der Waals surface area contributed by atoms with Gasteiger partial charge in [0.1, 0.15) is 0 Å². The number of benzene rings is 2. The van der Waals surface area contributed by atoms with Crippen LogP contribution in [0.3, 0.4) is 0 Å². The van der Waals surface area contributed by atoms with E-state index >= 15 is 0 Å². The second-order valence-corrected chi connectivity index (χ2v) is 7.18. The fourth-order valence-electron chi connectivity index (χ4n) is 4.92. The summed E-state index contributed by atoms with van der Waals surface area (Å²) < 4.78 is 0. The van der Waals surface area contributed by atoms with Gasteiger partial charge in [0, 0.05) is 5.41 Å². The summed E-state index contributed by atoms with van der Waals surface area (Å²) in [4.78, 5) is 0. The predicted octanol–water partition coefficient (Wildman–Crippen LogP) is 6.17. The molecule has 0 saturated heterocycles. The molecule has 0 heteroatoms. The second kappa shape index (κ2) is 5.91. The van der Waals surface area contributed by atoms with Crippen molar-refractivity contribution in [3.8, 4) is 0 Å². The Labute approximate surface area is 135 Å². The minimum atomic E-state index is 0.225. The minimum Gasteiger partial charge on any atom is -0.0617 e. The van der Waals surface area contributed by atoms with Crippen LogP contribution < -0.4 is 0 Å². The topological polar surface area (TPSA) is 0 Å². The van der Waals surface area contributed by atoms with Gasteiger partial charge in [-0.2, -0.15) is 0 Å². The maximum Gasteiger partial charge on any atom is 0.0213 e. The molecule has 0 spiro atoms. The zero-order chi connectivity index (χ0) is 15.7. The second-order valence-electron chi connectivity index (χ2n) is 7.18. The molecule has 2 aromatic rings. The quantitative estimate of drug-likeness (QED) is 0.621. The molecule has 0 radical (unpaired) electrons. The van der Waals surface area contributed by atoms with Crippen molar-refractivity contribution in [3.63, 3.8) is 0 Å². The molecule has 0 aliphatic heterocycles. The maximum absolute atomic E-state index is 2.30. The zero-order valence-electron chi connectivity index (χ0n) is 14.5.